The number of pyridine rings is 1. The minimum atomic E-state index is -0.126. The number of carbonyl (C=O) groups is 1. The number of aromatic nitrogens is 3. The summed E-state index contributed by atoms with van der Waals surface area (Å²) in [5.41, 5.74) is 1.95. The molecule has 6 heteroatoms. The van der Waals surface area contributed by atoms with E-state index in [0.29, 0.717) is 23.6 Å². The monoisotopic (exact) mass is 288 g/mol. The van der Waals surface area contributed by atoms with Crippen molar-refractivity contribution in [3.63, 3.8) is 0 Å². The Morgan fingerprint density at radius 1 is 1.33 bits per heavy atom. The van der Waals surface area contributed by atoms with Crippen molar-refractivity contribution in [1.82, 2.24) is 19.7 Å². The molecule has 0 radical (unpaired) electrons. The van der Waals surface area contributed by atoms with E-state index < -0.39 is 0 Å². The third-order valence-corrected chi connectivity index (χ3v) is 3.14. The molecule has 112 valence electrons. The summed E-state index contributed by atoms with van der Waals surface area (Å²) in [4.78, 5) is 18.8. The molecular formula is C15H20N4O2. The highest BCUT2D eigenvalue weighted by Crippen LogP contribution is 2.21. The molecule has 0 aliphatic heterocycles. The molecule has 0 N–H and O–H groups in total. The highest BCUT2D eigenvalue weighted by atomic mass is 16.5. The van der Waals surface area contributed by atoms with Gasteiger partial charge in [0.25, 0.3) is 0 Å². The minimum absolute atomic E-state index is 0.126. The van der Waals surface area contributed by atoms with Gasteiger partial charge >= 0.3 is 0 Å². The first-order valence-corrected chi connectivity index (χ1v) is 6.73. The van der Waals surface area contributed by atoms with Gasteiger partial charge in [-0.05, 0) is 32.6 Å². The molecule has 0 saturated heterocycles. The Morgan fingerprint density at radius 3 is 2.71 bits per heavy atom. The van der Waals surface area contributed by atoms with Crippen molar-refractivity contribution in [2.75, 3.05) is 27.7 Å². The van der Waals surface area contributed by atoms with Crippen LogP contribution >= 0.6 is 0 Å². The molecule has 0 amide bonds. The molecule has 2 heterocycles. The molecule has 2 aromatic heterocycles. The van der Waals surface area contributed by atoms with Crippen LogP contribution in [0.25, 0.3) is 0 Å². The van der Waals surface area contributed by atoms with Gasteiger partial charge in [-0.2, -0.15) is 5.10 Å². The summed E-state index contributed by atoms with van der Waals surface area (Å²) in [6.07, 6.45) is 4.86. The zero-order valence-corrected chi connectivity index (χ0v) is 12.8. The van der Waals surface area contributed by atoms with E-state index in [9.17, 15) is 4.79 Å². The summed E-state index contributed by atoms with van der Waals surface area (Å²) >= 11 is 0. The van der Waals surface area contributed by atoms with Gasteiger partial charge < -0.3 is 9.64 Å². The molecule has 0 bridgehead atoms. The normalized spacial score (nSPS) is 10.9. The SMILES string of the molecule is COc1cnn(CCN(C)C)c1C(=O)c1cncc(C)c1. The number of likely N-dealkylation sites (N-methyl/N-ethyl adjacent to an activating group) is 1. The summed E-state index contributed by atoms with van der Waals surface area (Å²) in [6, 6.07) is 1.82. The smallest absolute Gasteiger partial charge is 0.216 e. The number of methoxy groups -OCH3 is 1. The fourth-order valence-electron chi connectivity index (χ4n) is 2.03. The minimum Gasteiger partial charge on any atom is -0.493 e. The van der Waals surface area contributed by atoms with E-state index in [2.05, 4.69) is 10.1 Å². The molecule has 6 nitrogen and oxygen atoms in total. The second-order valence-corrected chi connectivity index (χ2v) is 5.17. The molecule has 0 unspecified atom stereocenters. The number of hydrogen-bond acceptors (Lipinski definition) is 5. The van der Waals surface area contributed by atoms with Crippen LogP contribution in [0.15, 0.2) is 24.7 Å². The lowest BCUT2D eigenvalue weighted by Crippen LogP contribution is -2.22. The molecular weight excluding hydrogens is 268 g/mol. The zero-order valence-electron chi connectivity index (χ0n) is 12.8. The van der Waals surface area contributed by atoms with Crippen LogP contribution in [0.2, 0.25) is 0 Å². The summed E-state index contributed by atoms with van der Waals surface area (Å²) < 4.78 is 6.95. The van der Waals surface area contributed by atoms with E-state index in [1.807, 2.05) is 32.0 Å². The molecule has 0 saturated carbocycles. The van der Waals surface area contributed by atoms with Crippen LogP contribution in [0.4, 0.5) is 0 Å². The van der Waals surface area contributed by atoms with Gasteiger partial charge in [0.2, 0.25) is 5.78 Å². The maximum absolute atomic E-state index is 12.7. The van der Waals surface area contributed by atoms with Gasteiger partial charge in [0.1, 0.15) is 0 Å². The molecule has 0 atom stereocenters. The van der Waals surface area contributed by atoms with E-state index in [0.717, 1.165) is 12.1 Å². The third kappa shape index (κ3) is 3.46. The average molecular weight is 288 g/mol. The van der Waals surface area contributed by atoms with Crippen molar-refractivity contribution in [3.05, 3.63) is 41.5 Å². The first kappa shape index (κ1) is 15.2. The van der Waals surface area contributed by atoms with Gasteiger partial charge in [0, 0.05) is 24.5 Å². The maximum atomic E-state index is 12.7. The molecule has 0 spiro atoms. The summed E-state index contributed by atoms with van der Waals surface area (Å²) in [7, 11) is 5.50. The molecule has 2 rings (SSSR count). The Morgan fingerprint density at radius 2 is 2.10 bits per heavy atom. The van der Waals surface area contributed by atoms with Crippen LogP contribution in [0.1, 0.15) is 21.6 Å². The van der Waals surface area contributed by atoms with Crippen LogP contribution in [-0.4, -0.2) is 53.2 Å². The van der Waals surface area contributed by atoms with Crippen molar-refractivity contribution < 1.29 is 9.53 Å². The van der Waals surface area contributed by atoms with Crippen molar-refractivity contribution in [2.45, 2.75) is 13.5 Å². The van der Waals surface area contributed by atoms with Gasteiger partial charge in [-0.25, -0.2) is 0 Å². The highest BCUT2D eigenvalue weighted by Gasteiger charge is 2.21. The Labute approximate surface area is 124 Å². The molecule has 21 heavy (non-hydrogen) atoms. The standard InChI is InChI=1S/C15H20N4O2/c1-11-7-12(9-16-8-11)15(20)14-13(21-4)10-17-19(14)6-5-18(2)3/h7-10H,5-6H2,1-4H3. The quantitative estimate of drug-likeness (QED) is 0.752. The van der Waals surface area contributed by atoms with Gasteiger partial charge in [-0.3, -0.25) is 14.5 Å². The fourth-order valence-corrected chi connectivity index (χ4v) is 2.03. The van der Waals surface area contributed by atoms with E-state index in [1.54, 1.807) is 30.4 Å². The van der Waals surface area contributed by atoms with Gasteiger partial charge in [-0.15, -0.1) is 0 Å². The summed E-state index contributed by atoms with van der Waals surface area (Å²) in [6.45, 7) is 3.32. The zero-order chi connectivity index (χ0) is 15.4. The van der Waals surface area contributed by atoms with Crippen molar-refractivity contribution in [1.29, 1.82) is 0 Å². The molecule has 0 aliphatic carbocycles. The van der Waals surface area contributed by atoms with Crippen LogP contribution in [0.3, 0.4) is 0 Å². The number of hydrogen-bond donors (Lipinski definition) is 0. The molecule has 0 aliphatic rings. The molecule has 0 fully saturated rings. The van der Waals surface area contributed by atoms with Crippen LogP contribution in [0, 0.1) is 6.92 Å². The Bertz CT molecular complexity index is 634. The number of nitrogens with zero attached hydrogens (tertiary/aromatic N) is 4. The number of rotatable bonds is 6. The Balaban J connectivity index is 2.36. The van der Waals surface area contributed by atoms with Crippen LogP contribution in [0.5, 0.6) is 5.75 Å². The second-order valence-electron chi connectivity index (χ2n) is 5.17. The second kappa shape index (κ2) is 6.49. The average Bonchev–Trinajstić information content (AvgIpc) is 2.87. The van der Waals surface area contributed by atoms with Crippen molar-refractivity contribution in [3.8, 4) is 5.75 Å². The Kier molecular flexibility index (Phi) is 4.70. The lowest BCUT2D eigenvalue weighted by molar-refractivity contribution is 0.102. The lowest BCUT2D eigenvalue weighted by Gasteiger charge is -2.12. The first-order chi connectivity index (χ1) is 10.0. The van der Waals surface area contributed by atoms with E-state index >= 15 is 0 Å². The molecule has 2 aromatic rings. The Hall–Kier alpha value is -2.21. The number of ether oxygens (including phenoxy) is 1. The first-order valence-electron chi connectivity index (χ1n) is 6.73. The maximum Gasteiger partial charge on any atom is 0.216 e. The summed E-state index contributed by atoms with van der Waals surface area (Å²) in [5.74, 6) is 0.361. The van der Waals surface area contributed by atoms with Crippen molar-refractivity contribution in [2.24, 2.45) is 0 Å². The lowest BCUT2D eigenvalue weighted by atomic mass is 10.1. The van der Waals surface area contributed by atoms with E-state index in [4.69, 9.17) is 4.74 Å². The largest absolute Gasteiger partial charge is 0.493 e. The van der Waals surface area contributed by atoms with Crippen LogP contribution < -0.4 is 4.74 Å². The highest BCUT2D eigenvalue weighted by molar-refractivity contribution is 6.09. The van der Waals surface area contributed by atoms with Gasteiger partial charge in [-0.1, -0.05) is 0 Å². The number of carbonyl (C=O) groups excluding carboxylic acids is 1. The number of ketones is 1. The van der Waals surface area contributed by atoms with Gasteiger partial charge in [0.05, 0.1) is 19.9 Å². The predicted molar refractivity (Wildman–Crippen MR) is 79.7 cm³/mol. The third-order valence-electron chi connectivity index (χ3n) is 3.14. The van der Waals surface area contributed by atoms with Gasteiger partial charge in [0.15, 0.2) is 11.4 Å². The topological polar surface area (TPSA) is 60.2 Å². The van der Waals surface area contributed by atoms with Crippen molar-refractivity contribution >= 4 is 5.78 Å². The van der Waals surface area contributed by atoms with E-state index in [-0.39, 0.29) is 5.78 Å². The van der Waals surface area contributed by atoms with Crippen LogP contribution in [-0.2, 0) is 6.54 Å². The molecule has 0 aromatic carbocycles. The van der Waals surface area contributed by atoms with E-state index in [1.165, 1.54) is 0 Å². The summed E-state index contributed by atoms with van der Waals surface area (Å²) in [5, 5.41) is 4.25. The fraction of sp³-hybridized carbons (Fsp3) is 0.400. The number of aryl methyl sites for hydroxylation is 1. The predicted octanol–water partition coefficient (Wildman–Crippen LogP) is 1.39.